The number of rotatable bonds is 4. The fourth-order valence-corrected chi connectivity index (χ4v) is 3.61. The summed E-state index contributed by atoms with van der Waals surface area (Å²) in [6.07, 6.45) is 4.13. The van der Waals surface area contributed by atoms with Crippen molar-refractivity contribution in [3.05, 3.63) is 34.9 Å². The highest BCUT2D eigenvalue weighted by Gasteiger charge is 2.19. The highest BCUT2D eigenvalue weighted by molar-refractivity contribution is 7.13. The van der Waals surface area contributed by atoms with E-state index in [0.717, 1.165) is 40.3 Å². The van der Waals surface area contributed by atoms with Crippen LogP contribution in [-0.2, 0) is 0 Å². The maximum absolute atomic E-state index is 4.76. The molecule has 0 spiro atoms. The van der Waals surface area contributed by atoms with Gasteiger partial charge >= 0.3 is 0 Å². The zero-order valence-corrected chi connectivity index (χ0v) is 13.7. The Morgan fingerprint density at radius 2 is 2.00 bits per heavy atom. The van der Waals surface area contributed by atoms with E-state index in [1.165, 1.54) is 5.69 Å². The summed E-state index contributed by atoms with van der Waals surface area (Å²) in [5.74, 6) is 0.516. The summed E-state index contributed by atoms with van der Waals surface area (Å²) < 4.78 is 2.04. The number of aryl methyl sites for hydroxylation is 2. The van der Waals surface area contributed by atoms with Gasteiger partial charge in [-0.05, 0) is 32.8 Å². The Morgan fingerprint density at radius 1 is 1.24 bits per heavy atom. The van der Waals surface area contributed by atoms with Crippen molar-refractivity contribution in [2.24, 2.45) is 0 Å². The SMILES string of the molecule is CCC(CC)c1cc(C)nc2c(-c3cncs3)c(C)nn12. The molecule has 0 aliphatic carbocycles. The van der Waals surface area contributed by atoms with Gasteiger partial charge in [-0.25, -0.2) is 9.50 Å². The second-order valence-corrected chi connectivity index (χ2v) is 6.28. The van der Waals surface area contributed by atoms with E-state index < -0.39 is 0 Å². The molecule has 0 N–H and O–H groups in total. The molecular weight excluding hydrogens is 280 g/mol. The molecule has 3 rings (SSSR count). The first-order valence-corrected chi connectivity index (χ1v) is 8.29. The smallest absolute Gasteiger partial charge is 0.164 e. The fraction of sp³-hybridized carbons (Fsp3) is 0.438. The molecule has 0 amide bonds. The van der Waals surface area contributed by atoms with Crippen molar-refractivity contribution in [3.8, 4) is 10.4 Å². The van der Waals surface area contributed by atoms with Gasteiger partial charge in [0.25, 0.3) is 0 Å². The average molecular weight is 300 g/mol. The van der Waals surface area contributed by atoms with Gasteiger partial charge in [0, 0.05) is 23.5 Å². The Bertz CT molecular complexity index is 754. The van der Waals surface area contributed by atoms with E-state index in [9.17, 15) is 0 Å². The number of hydrogen-bond acceptors (Lipinski definition) is 4. The highest BCUT2D eigenvalue weighted by Crippen LogP contribution is 2.32. The average Bonchev–Trinajstić information content (AvgIpc) is 3.07. The molecular formula is C16H20N4S. The van der Waals surface area contributed by atoms with E-state index >= 15 is 0 Å². The van der Waals surface area contributed by atoms with Gasteiger partial charge in [-0.3, -0.25) is 4.98 Å². The van der Waals surface area contributed by atoms with Crippen LogP contribution in [0.1, 0.15) is 49.7 Å². The number of thiazole rings is 1. The van der Waals surface area contributed by atoms with Crippen molar-refractivity contribution in [3.63, 3.8) is 0 Å². The molecule has 0 saturated carbocycles. The summed E-state index contributed by atoms with van der Waals surface area (Å²) in [5, 5.41) is 4.76. The minimum atomic E-state index is 0.516. The molecule has 21 heavy (non-hydrogen) atoms. The second kappa shape index (κ2) is 5.56. The summed E-state index contributed by atoms with van der Waals surface area (Å²) in [7, 11) is 0. The third kappa shape index (κ3) is 2.35. The van der Waals surface area contributed by atoms with Gasteiger partial charge < -0.3 is 0 Å². The van der Waals surface area contributed by atoms with E-state index in [0.29, 0.717) is 5.92 Å². The molecule has 3 aromatic rings. The summed E-state index contributed by atoms with van der Waals surface area (Å²) in [6.45, 7) is 8.58. The van der Waals surface area contributed by atoms with E-state index in [1.54, 1.807) is 11.3 Å². The topological polar surface area (TPSA) is 43.1 Å². The molecule has 0 aliphatic heterocycles. The molecule has 4 nitrogen and oxygen atoms in total. The van der Waals surface area contributed by atoms with Crippen LogP contribution in [0.4, 0.5) is 0 Å². The van der Waals surface area contributed by atoms with Crippen molar-refractivity contribution in [1.82, 2.24) is 19.6 Å². The Balaban J connectivity index is 2.31. The van der Waals surface area contributed by atoms with Crippen LogP contribution in [-0.4, -0.2) is 19.6 Å². The predicted octanol–water partition coefficient (Wildman–Crippen LogP) is 4.37. The van der Waals surface area contributed by atoms with Gasteiger partial charge in [-0.15, -0.1) is 11.3 Å². The molecule has 3 aromatic heterocycles. The maximum Gasteiger partial charge on any atom is 0.164 e. The number of nitrogens with zero attached hydrogens (tertiary/aromatic N) is 4. The largest absolute Gasteiger partial charge is 0.252 e. The predicted molar refractivity (Wildman–Crippen MR) is 86.9 cm³/mol. The minimum Gasteiger partial charge on any atom is -0.252 e. The van der Waals surface area contributed by atoms with Crippen LogP contribution >= 0.6 is 11.3 Å². The highest BCUT2D eigenvalue weighted by atomic mass is 32.1. The molecule has 0 saturated heterocycles. The number of aromatic nitrogens is 4. The molecule has 0 bridgehead atoms. The first-order chi connectivity index (χ1) is 10.2. The van der Waals surface area contributed by atoms with E-state index in [-0.39, 0.29) is 0 Å². The lowest BCUT2D eigenvalue weighted by molar-refractivity contribution is 0.598. The monoisotopic (exact) mass is 300 g/mol. The quantitative estimate of drug-likeness (QED) is 0.718. The van der Waals surface area contributed by atoms with Gasteiger partial charge in [0.1, 0.15) is 0 Å². The van der Waals surface area contributed by atoms with Crippen LogP contribution in [0.25, 0.3) is 16.1 Å². The van der Waals surface area contributed by atoms with Crippen LogP contribution < -0.4 is 0 Å². The third-order valence-corrected chi connectivity index (χ3v) is 4.79. The molecule has 5 heteroatoms. The van der Waals surface area contributed by atoms with Crippen molar-refractivity contribution in [2.75, 3.05) is 0 Å². The third-order valence-electron chi connectivity index (χ3n) is 4.00. The van der Waals surface area contributed by atoms with Crippen molar-refractivity contribution in [2.45, 2.75) is 46.5 Å². The first-order valence-electron chi connectivity index (χ1n) is 7.41. The molecule has 0 radical (unpaired) electrons. The summed E-state index contributed by atoms with van der Waals surface area (Å²) in [5.41, 5.74) is 7.27. The van der Waals surface area contributed by atoms with Crippen LogP contribution in [0.15, 0.2) is 17.8 Å². The van der Waals surface area contributed by atoms with E-state index in [2.05, 4.69) is 38.7 Å². The number of hydrogen-bond donors (Lipinski definition) is 0. The Labute approximate surface area is 128 Å². The summed E-state index contributed by atoms with van der Waals surface area (Å²) in [4.78, 5) is 10.1. The minimum absolute atomic E-state index is 0.516. The van der Waals surface area contributed by atoms with Gasteiger partial charge in [0.15, 0.2) is 5.65 Å². The molecule has 110 valence electrons. The van der Waals surface area contributed by atoms with Crippen LogP contribution in [0.5, 0.6) is 0 Å². The van der Waals surface area contributed by atoms with Crippen molar-refractivity contribution < 1.29 is 0 Å². The van der Waals surface area contributed by atoms with E-state index in [1.807, 2.05) is 16.2 Å². The second-order valence-electron chi connectivity index (χ2n) is 5.40. The van der Waals surface area contributed by atoms with Gasteiger partial charge in [0.2, 0.25) is 0 Å². The lowest BCUT2D eigenvalue weighted by Gasteiger charge is -2.15. The fourth-order valence-electron chi connectivity index (χ4n) is 2.90. The Morgan fingerprint density at radius 3 is 2.62 bits per heavy atom. The number of fused-ring (bicyclic) bond motifs is 1. The molecule has 0 unspecified atom stereocenters. The zero-order chi connectivity index (χ0) is 15.0. The van der Waals surface area contributed by atoms with E-state index in [4.69, 9.17) is 10.1 Å². The first kappa shape index (κ1) is 14.2. The van der Waals surface area contributed by atoms with Gasteiger partial charge in [0.05, 0.1) is 21.6 Å². The Hall–Kier alpha value is -1.75. The van der Waals surface area contributed by atoms with Gasteiger partial charge in [-0.1, -0.05) is 13.8 Å². The molecule has 0 aliphatic rings. The lowest BCUT2D eigenvalue weighted by atomic mass is 9.98. The van der Waals surface area contributed by atoms with Crippen LogP contribution in [0.2, 0.25) is 0 Å². The molecule has 0 aromatic carbocycles. The molecule has 3 heterocycles. The van der Waals surface area contributed by atoms with Crippen LogP contribution in [0.3, 0.4) is 0 Å². The maximum atomic E-state index is 4.76. The summed E-state index contributed by atoms with van der Waals surface area (Å²) in [6, 6.07) is 2.17. The lowest BCUT2D eigenvalue weighted by Crippen LogP contribution is -2.07. The van der Waals surface area contributed by atoms with Crippen LogP contribution in [0, 0.1) is 13.8 Å². The van der Waals surface area contributed by atoms with Gasteiger partial charge in [-0.2, -0.15) is 5.10 Å². The Kier molecular flexibility index (Phi) is 3.76. The summed E-state index contributed by atoms with van der Waals surface area (Å²) >= 11 is 1.64. The van der Waals surface area contributed by atoms with Crippen molar-refractivity contribution in [1.29, 1.82) is 0 Å². The van der Waals surface area contributed by atoms with Crippen molar-refractivity contribution >= 4 is 17.0 Å². The normalized spacial score (nSPS) is 11.7. The standard InChI is InChI=1S/C16H20N4S/c1-5-12(6-2)13-7-10(3)18-16-15(11(4)19-20(13)16)14-8-17-9-21-14/h7-9,12H,5-6H2,1-4H3. The zero-order valence-electron chi connectivity index (χ0n) is 12.9. The molecule has 0 fully saturated rings. The molecule has 0 atom stereocenters.